The molecule has 0 unspecified atom stereocenters. The van der Waals surface area contributed by atoms with E-state index in [1.54, 1.807) is 0 Å². The zero-order valence-electron chi connectivity index (χ0n) is 29.9. The molecule has 3 heterocycles. The number of fused-ring (bicyclic) bond motifs is 6. The molecule has 0 aliphatic heterocycles. The summed E-state index contributed by atoms with van der Waals surface area (Å²) in [5, 5.41) is 4.20. The number of nitrogens with zero attached hydrogens (tertiary/aromatic N) is 4. The maximum absolute atomic E-state index is 6.65. The smallest absolute Gasteiger partial charge is 0.227 e. The van der Waals surface area contributed by atoms with Gasteiger partial charge < -0.3 is 8.83 Å². The maximum atomic E-state index is 6.65. The van der Waals surface area contributed by atoms with Gasteiger partial charge >= 0.3 is 0 Å². The van der Waals surface area contributed by atoms with E-state index in [1.807, 2.05) is 103 Å². The van der Waals surface area contributed by atoms with Gasteiger partial charge in [-0.05, 0) is 51.7 Å². The summed E-state index contributed by atoms with van der Waals surface area (Å²) in [6, 6.07) is 61.8. The fourth-order valence-corrected chi connectivity index (χ4v) is 7.71. The minimum Gasteiger partial charge on any atom is -0.455 e. The van der Waals surface area contributed by atoms with Crippen molar-refractivity contribution in [2.75, 3.05) is 0 Å². The Balaban J connectivity index is 0.998. The first-order chi connectivity index (χ1) is 27.7. The van der Waals surface area contributed by atoms with Crippen LogP contribution in [0, 0.1) is 0 Å². The van der Waals surface area contributed by atoms with E-state index in [0.29, 0.717) is 23.4 Å². The normalized spacial score (nSPS) is 11.6. The Morgan fingerprint density at radius 3 is 1.46 bits per heavy atom. The highest BCUT2D eigenvalue weighted by Gasteiger charge is 2.20. The average Bonchev–Trinajstić information content (AvgIpc) is 3.89. The molecule has 0 radical (unpaired) electrons. The molecule has 0 saturated carbocycles. The standard InChI is InChI=1S/C50H30N4O2/c1-4-13-32(14-5-1)47-52-48(33-15-6-2-7-16-33)54-49(53-47)34-25-23-31(24-26-34)36-27-28-39(38-20-11-10-19-37(36)38)40-21-12-22-41-44-43(55-45(40)41)30-29-42-46(44)56-50(51-42)35-17-8-3-9-18-35/h1-30H. The Morgan fingerprint density at radius 2 is 0.821 bits per heavy atom. The highest BCUT2D eigenvalue weighted by Crippen LogP contribution is 2.43. The van der Waals surface area contributed by atoms with Gasteiger partial charge in [0.25, 0.3) is 0 Å². The Hall–Kier alpha value is -7.70. The van der Waals surface area contributed by atoms with Crippen molar-refractivity contribution >= 4 is 43.8 Å². The number of oxazole rings is 1. The van der Waals surface area contributed by atoms with Crippen LogP contribution in [0.25, 0.3) is 112 Å². The van der Waals surface area contributed by atoms with Crippen LogP contribution in [0.3, 0.4) is 0 Å². The van der Waals surface area contributed by atoms with E-state index in [2.05, 4.69) is 78.9 Å². The van der Waals surface area contributed by atoms with Crippen molar-refractivity contribution in [2.24, 2.45) is 0 Å². The molecule has 56 heavy (non-hydrogen) atoms. The first-order valence-electron chi connectivity index (χ1n) is 18.6. The summed E-state index contributed by atoms with van der Waals surface area (Å²) in [5.74, 6) is 2.50. The minimum absolute atomic E-state index is 0.593. The molecule has 0 spiro atoms. The summed E-state index contributed by atoms with van der Waals surface area (Å²) in [5.41, 5.74) is 11.2. The van der Waals surface area contributed by atoms with Gasteiger partial charge in [0.2, 0.25) is 5.89 Å². The molecule has 0 saturated heterocycles. The number of aromatic nitrogens is 4. The van der Waals surface area contributed by atoms with E-state index in [9.17, 15) is 0 Å². The summed E-state index contributed by atoms with van der Waals surface area (Å²) >= 11 is 0. The van der Waals surface area contributed by atoms with Crippen LogP contribution in [0.2, 0.25) is 0 Å². The van der Waals surface area contributed by atoms with Crippen LogP contribution < -0.4 is 0 Å². The van der Waals surface area contributed by atoms with Gasteiger partial charge in [0, 0.05) is 33.2 Å². The summed E-state index contributed by atoms with van der Waals surface area (Å²) in [7, 11) is 0. The van der Waals surface area contributed by atoms with Crippen LogP contribution >= 0.6 is 0 Å². The lowest BCUT2D eigenvalue weighted by Crippen LogP contribution is -2.00. The Kier molecular flexibility index (Phi) is 7.38. The van der Waals surface area contributed by atoms with Crippen LogP contribution in [0.5, 0.6) is 0 Å². The molecular weight excluding hydrogens is 689 g/mol. The SMILES string of the molecule is c1ccc(-c2nc(-c3ccccc3)nc(-c3ccc(-c4ccc(-c5cccc6c5oc5ccc7nc(-c8ccccc8)oc7c56)c5ccccc45)cc3)n2)cc1. The maximum Gasteiger partial charge on any atom is 0.227 e. The summed E-state index contributed by atoms with van der Waals surface area (Å²) in [6.45, 7) is 0. The third-order valence-electron chi connectivity index (χ3n) is 10.4. The molecule has 0 aliphatic carbocycles. The largest absolute Gasteiger partial charge is 0.455 e. The fourth-order valence-electron chi connectivity index (χ4n) is 7.71. The topological polar surface area (TPSA) is 77.8 Å². The van der Waals surface area contributed by atoms with Gasteiger partial charge in [-0.3, -0.25) is 0 Å². The van der Waals surface area contributed by atoms with Crippen molar-refractivity contribution in [1.82, 2.24) is 19.9 Å². The van der Waals surface area contributed by atoms with Crippen LogP contribution in [0.15, 0.2) is 191 Å². The van der Waals surface area contributed by atoms with Crippen molar-refractivity contribution in [3.63, 3.8) is 0 Å². The second kappa shape index (κ2) is 13.0. The van der Waals surface area contributed by atoms with Crippen LogP contribution in [0.4, 0.5) is 0 Å². The second-order valence-corrected chi connectivity index (χ2v) is 13.8. The number of benzene rings is 8. The zero-order chi connectivity index (χ0) is 37.0. The van der Waals surface area contributed by atoms with Gasteiger partial charge in [-0.2, -0.15) is 0 Å². The second-order valence-electron chi connectivity index (χ2n) is 13.8. The highest BCUT2D eigenvalue weighted by molar-refractivity contribution is 6.20. The lowest BCUT2D eigenvalue weighted by molar-refractivity contribution is 0.622. The van der Waals surface area contributed by atoms with Crippen LogP contribution in [-0.2, 0) is 0 Å². The van der Waals surface area contributed by atoms with Gasteiger partial charge in [0.05, 0.1) is 5.39 Å². The molecule has 11 rings (SSSR count). The van der Waals surface area contributed by atoms with Crippen molar-refractivity contribution in [2.45, 2.75) is 0 Å². The summed E-state index contributed by atoms with van der Waals surface area (Å²) < 4.78 is 13.1. The van der Waals surface area contributed by atoms with E-state index in [1.165, 1.54) is 0 Å². The predicted molar refractivity (Wildman–Crippen MR) is 225 cm³/mol. The molecule has 6 heteroatoms. The predicted octanol–water partition coefficient (Wildman–Crippen LogP) is 13.1. The lowest BCUT2D eigenvalue weighted by Gasteiger charge is -2.13. The molecule has 0 amide bonds. The monoisotopic (exact) mass is 718 g/mol. The molecule has 11 aromatic rings. The van der Waals surface area contributed by atoms with Gasteiger partial charge in [0.1, 0.15) is 16.7 Å². The highest BCUT2D eigenvalue weighted by atomic mass is 16.4. The quantitative estimate of drug-likeness (QED) is 0.170. The third-order valence-corrected chi connectivity index (χ3v) is 10.4. The van der Waals surface area contributed by atoms with Crippen molar-refractivity contribution in [1.29, 1.82) is 0 Å². The molecular formula is C50H30N4O2. The molecule has 0 aliphatic rings. The molecule has 0 fully saturated rings. The van der Waals surface area contributed by atoms with Crippen LogP contribution in [-0.4, -0.2) is 19.9 Å². The summed E-state index contributed by atoms with van der Waals surface area (Å²) in [4.78, 5) is 19.5. The van der Waals surface area contributed by atoms with Gasteiger partial charge in [0.15, 0.2) is 23.1 Å². The molecule has 262 valence electrons. The number of hydrogen-bond acceptors (Lipinski definition) is 6. The van der Waals surface area contributed by atoms with E-state index >= 15 is 0 Å². The Morgan fingerprint density at radius 1 is 0.304 bits per heavy atom. The number of furan rings is 1. The van der Waals surface area contributed by atoms with E-state index in [-0.39, 0.29) is 0 Å². The van der Waals surface area contributed by atoms with Crippen molar-refractivity contribution < 1.29 is 8.83 Å². The van der Waals surface area contributed by atoms with E-state index in [4.69, 9.17) is 28.8 Å². The molecule has 6 nitrogen and oxygen atoms in total. The zero-order valence-corrected chi connectivity index (χ0v) is 29.9. The number of rotatable bonds is 6. The number of para-hydroxylation sites is 1. The average molecular weight is 719 g/mol. The third kappa shape index (κ3) is 5.35. The molecule has 8 aromatic carbocycles. The van der Waals surface area contributed by atoms with E-state index < -0.39 is 0 Å². The number of hydrogen-bond donors (Lipinski definition) is 0. The minimum atomic E-state index is 0.593. The van der Waals surface area contributed by atoms with Crippen LogP contribution in [0.1, 0.15) is 0 Å². The fraction of sp³-hybridized carbons (Fsp3) is 0. The van der Waals surface area contributed by atoms with Crippen molar-refractivity contribution in [3.8, 4) is 67.9 Å². The first kappa shape index (κ1) is 31.8. The first-order valence-corrected chi connectivity index (χ1v) is 18.6. The molecule has 0 N–H and O–H groups in total. The van der Waals surface area contributed by atoms with Gasteiger partial charge in [-0.1, -0.05) is 158 Å². The van der Waals surface area contributed by atoms with E-state index in [0.717, 1.165) is 88.3 Å². The van der Waals surface area contributed by atoms with Crippen molar-refractivity contribution in [3.05, 3.63) is 182 Å². The lowest BCUT2D eigenvalue weighted by atomic mass is 9.91. The molecule has 0 atom stereocenters. The van der Waals surface area contributed by atoms with Gasteiger partial charge in [-0.15, -0.1) is 0 Å². The van der Waals surface area contributed by atoms with Gasteiger partial charge in [-0.25, -0.2) is 19.9 Å². The Bertz CT molecular complexity index is 3170. The Labute approximate surface area is 321 Å². The molecule has 3 aromatic heterocycles. The summed E-state index contributed by atoms with van der Waals surface area (Å²) in [6.07, 6.45) is 0. The molecule has 0 bridgehead atoms.